The molecule has 6 nitrogen and oxygen atoms in total. The van der Waals surface area contributed by atoms with Crippen molar-refractivity contribution in [3.63, 3.8) is 0 Å². The van der Waals surface area contributed by atoms with E-state index in [2.05, 4.69) is 15.1 Å². The van der Waals surface area contributed by atoms with Gasteiger partial charge in [0.15, 0.2) is 0 Å². The molecule has 112 valence electrons. The zero-order chi connectivity index (χ0) is 15.8. The first kappa shape index (κ1) is 13.7. The van der Waals surface area contributed by atoms with Crippen molar-refractivity contribution in [1.29, 1.82) is 0 Å². The van der Waals surface area contributed by atoms with Gasteiger partial charge in [0.05, 0.1) is 0 Å². The third-order valence-electron chi connectivity index (χ3n) is 3.24. The van der Waals surface area contributed by atoms with Gasteiger partial charge in [-0.3, -0.25) is 4.98 Å². The van der Waals surface area contributed by atoms with Crippen LogP contribution in [-0.4, -0.2) is 15.1 Å². The Hall–Kier alpha value is -2.99. The maximum absolute atomic E-state index is 12.1. The molecule has 0 fully saturated rings. The lowest BCUT2D eigenvalue weighted by molar-refractivity contribution is 0.429. The third kappa shape index (κ3) is 2.49. The molecular formula is C16H8ClN3O3. The molecule has 0 saturated carbocycles. The fourth-order valence-electron chi connectivity index (χ4n) is 2.18. The van der Waals surface area contributed by atoms with Crippen molar-refractivity contribution in [2.24, 2.45) is 0 Å². The Morgan fingerprint density at radius 1 is 1.09 bits per heavy atom. The lowest BCUT2D eigenvalue weighted by atomic mass is 10.2. The van der Waals surface area contributed by atoms with Gasteiger partial charge in [-0.05, 0) is 36.4 Å². The van der Waals surface area contributed by atoms with Crippen molar-refractivity contribution in [2.75, 3.05) is 0 Å². The summed E-state index contributed by atoms with van der Waals surface area (Å²) in [6.45, 7) is 0. The first-order chi connectivity index (χ1) is 11.2. The molecule has 0 N–H and O–H groups in total. The summed E-state index contributed by atoms with van der Waals surface area (Å²) in [5.74, 6) is 0.368. The summed E-state index contributed by atoms with van der Waals surface area (Å²) in [5.41, 5.74) is 0.605. The number of pyridine rings is 1. The largest absolute Gasteiger partial charge is 0.422 e. The Kier molecular flexibility index (Phi) is 3.17. The van der Waals surface area contributed by atoms with Crippen LogP contribution in [0.5, 0.6) is 0 Å². The van der Waals surface area contributed by atoms with E-state index in [0.717, 1.165) is 0 Å². The maximum atomic E-state index is 12.1. The summed E-state index contributed by atoms with van der Waals surface area (Å²) >= 11 is 5.96. The Morgan fingerprint density at radius 2 is 2.00 bits per heavy atom. The highest BCUT2D eigenvalue weighted by atomic mass is 35.5. The summed E-state index contributed by atoms with van der Waals surface area (Å²) < 4.78 is 10.4. The molecule has 0 atom stereocenters. The number of fused-ring (bicyclic) bond motifs is 1. The van der Waals surface area contributed by atoms with Gasteiger partial charge in [0.2, 0.25) is 5.82 Å². The number of hydrogen-bond acceptors (Lipinski definition) is 6. The van der Waals surface area contributed by atoms with E-state index >= 15 is 0 Å². The predicted molar refractivity (Wildman–Crippen MR) is 84.0 cm³/mol. The Bertz CT molecular complexity index is 1060. The van der Waals surface area contributed by atoms with E-state index in [9.17, 15) is 4.79 Å². The van der Waals surface area contributed by atoms with Crippen molar-refractivity contribution in [2.45, 2.75) is 0 Å². The molecule has 4 rings (SSSR count). The second-order valence-electron chi connectivity index (χ2n) is 4.77. The van der Waals surface area contributed by atoms with Crippen LogP contribution < -0.4 is 5.63 Å². The first-order valence-corrected chi connectivity index (χ1v) is 7.07. The van der Waals surface area contributed by atoms with Gasteiger partial charge in [0.25, 0.3) is 5.89 Å². The maximum Gasteiger partial charge on any atom is 0.349 e. The van der Waals surface area contributed by atoms with Crippen LogP contribution in [0.4, 0.5) is 0 Å². The summed E-state index contributed by atoms with van der Waals surface area (Å²) in [7, 11) is 0. The second kappa shape index (κ2) is 5.33. The lowest BCUT2D eigenvalue weighted by Crippen LogP contribution is -2.02. The molecule has 0 aliphatic heterocycles. The van der Waals surface area contributed by atoms with E-state index < -0.39 is 5.63 Å². The average molecular weight is 326 g/mol. The summed E-state index contributed by atoms with van der Waals surface area (Å²) in [6.07, 6.45) is 1.62. The molecule has 0 unspecified atom stereocenters. The molecule has 0 aliphatic rings. The summed E-state index contributed by atoms with van der Waals surface area (Å²) in [5, 5.41) is 5.06. The number of aromatic nitrogens is 3. The van der Waals surface area contributed by atoms with Gasteiger partial charge in [0.1, 0.15) is 16.8 Å². The van der Waals surface area contributed by atoms with Crippen molar-refractivity contribution < 1.29 is 8.94 Å². The monoisotopic (exact) mass is 325 g/mol. The quantitative estimate of drug-likeness (QED) is 0.524. The molecule has 1 aromatic carbocycles. The predicted octanol–water partition coefficient (Wildman–Crippen LogP) is 3.56. The molecule has 7 heteroatoms. The second-order valence-corrected chi connectivity index (χ2v) is 5.20. The number of halogens is 1. The fraction of sp³-hybridized carbons (Fsp3) is 0. The molecule has 3 aromatic heterocycles. The van der Waals surface area contributed by atoms with Crippen LogP contribution >= 0.6 is 11.6 Å². The topological polar surface area (TPSA) is 82.0 Å². The van der Waals surface area contributed by atoms with Crippen molar-refractivity contribution in [3.05, 3.63) is 64.1 Å². The molecule has 3 heterocycles. The van der Waals surface area contributed by atoms with Crippen molar-refractivity contribution >= 4 is 22.6 Å². The van der Waals surface area contributed by atoms with Crippen molar-refractivity contribution in [3.8, 4) is 23.0 Å². The van der Waals surface area contributed by atoms with E-state index in [1.807, 2.05) is 6.07 Å². The standard InChI is InChI=1S/C16H8ClN3O3/c17-10-4-5-13-9(7-10)8-11(16(21)22-13)15-19-14(20-23-15)12-3-1-2-6-18-12/h1-8H. The van der Waals surface area contributed by atoms with Crippen LogP contribution in [0.25, 0.3) is 33.9 Å². The lowest BCUT2D eigenvalue weighted by Gasteiger charge is -1.98. The zero-order valence-corrected chi connectivity index (χ0v) is 12.3. The minimum absolute atomic E-state index is 0.0706. The minimum Gasteiger partial charge on any atom is -0.422 e. The summed E-state index contributed by atoms with van der Waals surface area (Å²) in [4.78, 5) is 20.5. The molecule has 0 bridgehead atoms. The highest BCUT2D eigenvalue weighted by Gasteiger charge is 2.16. The van der Waals surface area contributed by atoms with Crippen LogP contribution in [0.1, 0.15) is 0 Å². The highest BCUT2D eigenvalue weighted by molar-refractivity contribution is 6.31. The molecule has 0 saturated heterocycles. The molecule has 4 aromatic rings. The molecule has 0 radical (unpaired) electrons. The van der Waals surface area contributed by atoms with Crippen LogP contribution in [0.2, 0.25) is 5.02 Å². The van der Waals surface area contributed by atoms with E-state index in [1.165, 1.54) is 0 Å². The molecule has 23 heavy (non-hydrogen) atoms. The van der Waals surface area contributed by atoms with Gasteiger partial charge in [-0.15, -0.1) is 0 Å². The van der Waals surface area contributed by atoms with E-state index in [1.54, 1.807) is 42.6 Å². The molecule has 0 spiro atoms. The SMILES string of the molecule is O=c1oc2ccc(Cl)cc2cc1-c1nc(-c2ccccn2)no1. The van der Waals surface area contributed by atoms with Gasteiger partial charge in [-0.25, -0.2) is 4.79 Å². The van der Waals surface area contributed by atoms with Crippen LogP contribution in [0, 0.1) is 0 Å². The van der Waals surface area contributed by atoms with Gasteiger partial charge >= 0.3 is 5.63 Å². The number of benzene rings is 1. The van der Waals surface area contributed by atoms with Gasteiger partial charge in [0, 0.05) is 16.6 Å². The Morgan fingerprint density at radius 3 is 2.83 bits per heavy atom. The van der Waals surface area contributed by atoms with Crippen LogP contribution in [0.3, 0.4) is 0 Å². The first-order valence-electron chi connectivity index (χ1n) is 6.69. The molecule has 0 aliphatic carbocycles. The van der Waals surface area contributed by atoms with E-state index in [0.29, 0.717) is 27.5 Å². The van der Waals surface area contributed by atoms with E-state index in [4.69, 9.17) is 20.5 Å². The number of hydrogen-bond donors (Lipinski definition) is 0. The Balaban J connectivity index is 1.85. The summed E-state index contributed by atoms with van der Waals surface area (Å²) in [6, 6.07) is 11.9. The number of rotatable bonds is 2. The van der Waals surface area contributed by atoms with E-state index in [-0.39, 0.29) is 11.5 Å². The fourth-order valence-corrected chi connectivity index (χ4v) is 2.36. The van der Waals surface area contributed by atoms with Gasteiger partial charge < -0.3 is 8.94 Å². The van der Waals surface area contributed by atoms with Gasteiger partial charge in [-0.2, -0.15) is 4.98 Å². The molecule has 0 amide bonds. The average Bonchev–Trinajstić information content (AvgIpc) is 3.05. The zero-order valence-electron chi connectivity index (χ0n) is 11.6. The normalized spacial score (nSPS) is 11.0. The third-order valence-corrected chi connectivity index (χ3v) is 3.48. The van der Waals surface area contributed by atoms with Crippen LogP contribution in [-0.2, 0) is 0 Å². The smallest absolute Gasteiger partial charge is 0.349 e. The minimum atomic E-state index is -0.559. The highest BCUT2D eigenvalue weighted by Crippen LogP contribution is 2.24. The molecular weight excluding hydrogens is 318 g/mol. The van der Waals surface area contributed by atoms with Crippen molar-refractivity contribution in [1.82, 2.24) is 15.1 Å². The Labute approximate surface area is 134 Å². The van der Waals surface area contributed by atoms with Gasteiger partial charge in [-0.1, -0.05) is 22.8 Å². The van der Waals surface area contributed by atoms with Crippen LogP contribution in [0.15, 0.2) is 62.4 Å². The number of nitrogens with zero attached hydrogens (tertiary/aromatic N) is 3.